The summed E-state index contributed by atoms with van der Waals surface area (Å²) in [6, 6.07) is 3.46. The number of hydrogen-bond acceptors (Lipinski definition) is 5. The maximum atomic E-state index is 12.5. The van der Waals surface area contributed by atoms with Crippen molar-refractivity contribution in [2.24, 2.45) is 0 Å². The average Bonchev–Trinajstić information content (AvgIpc) is 2.57. The monoisotopic (exact) mass is 311 g/mol. The Balaban J connectivity index is 1.76. The molecule has 1 aromatic heterocycles. The summed E-state index contributed by atoms with van der Waals surface area (Å²) in [6.45, 7) is 4.21. The van der Waals surface area contributed by atoms with Crippen molar-refractivity contribution in [2.45, 2.75) is 24.2 Å². The maximum absolute atomic E-state index is 12.5. The number of piperidine rings is 1. The van der Waals surface area contributed by atoms with Gasteiger partial charge in [0.1, 0.15) is 10.7 Å². The smallest absolute Gasteiger partial charge is 0.244 e. The highest BCUT2D eigenvalue weighted by Crippen LogP contribution is 2.21. The van der Waals surface area contributed by atoms with Gasteiger partial charge in [-0.15, -0.1) is 0 Å². The van der Waals surface area contributed by atoms with Crippen LogP contribution in [0.5, 0.6) is 0 Å². The van der Waals surface area contributed by atoms with Gasteiger partial charge in [-0.2, -0.15) is 4.31 Å². The molecule has 3 rings (SSSR count). The van der Waals surface area contributed by atoms with Crippen LogP contribution in [0.15, 0.2) is 23.2 Å². The van der Waals surface area contributed by atoms with Crippen molar-refractivity contribution in [1.82, 2.24) is 9.29 Å². The molecule has 0 radical (unpaired) electrons. The van der Waals surface area contributed by atoms with Crippen molar-refractivity contribution in [3.63, 3.8) is 0 Å². The van der Waals surface area contributed by atoms with Gasteiger partial charge in [-0.1, -0.05) is 6.42 Å². The third-order valence-corrected chi connectivity index (χ3v) is 5.89. The van der Waals surface area contributed by atoms with Crippen molar-refractivity contribution in [2.75, 3.05) is 44.3 Å². The van der Waals surface area contributed by atoms with E-state index in [9.17, 15) is 8.42 Å². The molecule has 2 aliphatic rings. The summed E-state index contributed by atoms with van der Waals surface area (Å²) >= 11 is 0. The molecule has 1 aromatic rings. The van der Waals surface area contributed by atoms with Crippen LogP contribution in [-0.2, 0) is 14.8 Å². The van der Waals surface area contributed by atoms with Crippen LogP contribution >= 0.6 is 0 Å². The second-order valence-electron chi connectivity index (χ2n) is 5.42. The molecule has 116 valence electrons. The molecule has 0 spiro atoms. The summed E-state index contributed by atoms with van der Waals surface area (Å²) in [5.74, 6) is 0.816. The van der Waals surface area contributed by atoms with Crippen LogP contribution in [0.4, 0.5) is 5.82 Å². The molecule has 0 amide bonds. The van der Waals surface area contributed by atoms with Gasteiger partial charge >= 0.3 is 0 Å². The van der Waals surface area contributed by atoms with Crippen LogP contribution in [0.3, 0.4) is 0 Å². The molecule has 2 saturated heterocycles. The summed E-state index contributed by atoms with van der Waals surface area (Å²) < 4.78 is 31.9. The Labute approximate surface area is 125 Å². The Morgan fingerprint density at radius 2 is 1.71 bits per heavy atom. The molecule has 7 heteroatoms. The summed E-state index contributed by atoms with van der Waals surface area (Å²) in [7, 11) is -3.38. The molecule has 0 atom stereocenters. The highest BCUT2D eigenvalue weighted by Gasteiger charge is 2.26. The Morgan fingerprint density at radius 3 is 2.33 bits per heavy atom. The van der Waals surface area contributed by atoms with E-state index >= 15 is 0 Å². The Morgan fingerprint density at radius 1 is 1.00 bits per heavy atom. The molecule has 3 heterocycles. The van der Waals surface area contributed by atoms with Crippen LogP contribution in [0.2, 0.25) is 0 Å². The van der Waals surface area contributed by atoms with E-state index in [4.69, 9.17) is 4.74 Å². The number of sulfonamides is 1. The first-order chi connectivity index (χ1) is 10.2. The van der Waals surface area contributed by atoms with E-state index in [1.807, 2.05) is 0 Å². The number of morpholine rings is 1. The first-order valence-electron chi connectivity index (χ1n) is 7.47. The van der Waals surface area contributed by atoms with Gasteiger partial charge in [0, 0.05) is 32.4 Å². The molecular formula is C14H21N3O3S. The predicted octanol–water partition coefficient (Wildman–Crippen LogP) is 1.09. The summed E-state index contributed by atoms with van der Waals surface area (Å²) in [5, 5.41) is 0. The summed E-state index contributed by atoms with van der Waals surface area (Å²) in [4.78, 5) is 6.73. The predicted molar refractivity (Wildman–Crippen MR) is 79.9 cm³/mol. The van der Waals surface area contributed by atoms with Crippen LogP contribution in [-0.4, -0.2) is 57.1 Å². The normalized spacial score (nSPS) is 21.4. The molecule has 2 fully saturated rings. The SMILES string of the molecule is O=S(=O)(c1ccc(N2CCOCC2)nc1)N1CCCCC1. The van der Waals surface area contributed by atoms with E-state index in [-0.39, 0.29) is 0 Å². The van der Waals surface area contributed by atoms with E-state index in [0.717, 1.165) is 38.2 Å². The molecule has 21 heavy (non-hydrogen) atoms. The Kier molecular flexibility index (Phi) is 4.42. The van der Waals surface area contributed by atoms with Crippen molar-refractivity contribution in [3.05, 3.63) is 18.3 Å². The molecule has 2 aliphatic heterocycles. The second-order valence-corrected chi connectivity index (χ2v) is 7.35. The fourth-order valence-electron chi connectivity index (χ4n) is 2.76. The first-order valence-corrected chi connectivity index (χ1v) is 8.91. The van der Waals surface area contributed by atoms with E-state index in [1.54, 1.807) is 16.4 Å². The van der Waals surface area contributed by atoms with Gasteiger partial charge in [0.15, 0.2) is 0 Å². The highest BCUT2D eigenvalue weighted by atomic mass is 32.2. The number of anilines is 1. The standard InChI is InChI=1S/C14H21N3O3S/c18-21(19,17-6-2-1-3-7-17)13-4-5-14(15-12-13)16-8-10-20-11-9-16/h4-5,12H,1-3,6-11H2. The van der Waals surface area contributed by atoms with Crippen molar-refractivity contribution in [1.29, 1.82) is 0 Å². The lowest BCUT2D eigenvalue weighted by atomic mass is 10.2. The van der Waals surface area contributed by atoms with Gasteiger partial charge in [-0.05, 0) is 25.0 Å². The van der Waals surface area contributed by atoms with Crippen molar-refractivity contribution < 1.29 is 13.2 Å². The van der Waals surface area contributed by atoms with Crippen molar-refractivity contribution in [3.8, 4) is 0 Å². The number of rotatable bonds is 3. The van der Waals surface area contributed by atoms with Crippen LogP contribution in [0, 0.1) is 0 Å². The lowest BCUT2D eigenvalue weighted by Crippen LogP contribution is -2.37. The highest BCUT2D eigenvalue weighted by molar-refractivity contribution is 7.89. The molecule has 0 bridgehead atoms. The quantitative estimate of drug-likeness (QED) is 0.836. The second kappa shape index (κ2) is 6.29. The minimum absolute atomic E-state index is 0.293. The third kappa shape index (κ3) is 3.20. The number of aromatic nitrogens is 1. The van der Waals surface area contributed by atoms with E-state index < -0.39 is 10.0 Å². The van der Waals surface area contributed by atoms with Gasteiger partial charge in [-0.3, -0.25) is 0 Å². The Bertz CT molecular complexity index is 562. The van der Waals surface area contributed by atoms with Crippen molar-refractivity contribution >= 4 is 15.8 Å². The van der Waals surface area contributed by atoms with E-state index in [0.29, 0.717) is 31.2 Å². The Hall–Kier alpha value is -1.18. The molecule has 6 nitrogen and oxygen atoms in total. The number of ether oxygens (including phenoxy) is 1. The fourth-order valence-corrected chi connectivity index (χ4v) is 4.22. The molecule has 0 aromatic carbocycles. The van der Waals surface area contributed by atoms with Gasteiger partial charge in [0.25, 0.3) is 0 Å². The molecular weight excluding hydrogens is 290 g/mol. The minimum Gasteiger partial charge on any atom is -0.378 e. The minimum atomic E-state index is -3.38. The lowest BCUT2D eigenvalue weighted by molar-refractivity contribution is 0.122. The molecule has 0 aliphatic carbocycles. The third-order valence-electron chi connectivity index (χ3n) is 4.01. The van der Waals surface area contributed by atoms with E-state index in [1.165, 1.54) is 6.20 Å². The summed E-state index contributed by atoms with van der Waals surface area (Å²) in [6.07, 6.45) is 4.48. The van der Waals surface area contributed by atoms with Crippen LogP contribution in [0.1, 0.15) is 19.3 Å². The zero-order chi connectivity index (χ0) is 14.7. The number of pyridine rings is 1. The summed E-state index contributed by atoms with van der Waals surface area (Å²) in [5.41, 5.74) is 0. The maximum Gasteiger partial charge on any atom is 0.244 e. The van der Waals surface area contributed by atoms with Gasteiger partial charge in [0.2, 0.25) is 10.0 Å². The topological polar surface area (TPSA) is 62.7 Å². The fraction of sp³-hybridized carbons (Fsp3) is 0.643. The van der Waals surface area contributed by atoms with Crippen LogP contribution < -0.4 is 4.90 Å². The zero-order valence-electron chi connectivity index (χ0n) is 12.1. The number of hydrogen-bond donors (Lipinski definition) is 0. The zero-order valence-corrected chi connectivity index (χ0v) is 12.9. The lowest BCUT2D eigenvalue weighted by Gasteiger charge is -2.28. The van der Waals surface area contributed by atoms with Crippen LogP contribution in [0.25, 0.3) is 0 Å². The number of nitrogens with zero attached hydrogens (tertiary/aromatic N) is 3. The first kappa shape index (κ1) is 14.7. The largest absolute Gasteiger partial charge is 0.378 e. The van der Waals surface area contributed by atoms with E-state index in [2.05, 4.69) is 9.88 Å². The molecule has 0 unspecified atom stereocenters. The van der Waals surface area contributed by atoms with Gasteiger partial charge < -0.3 is 9.64 Å². The molecule has 0 saturated carbocycles. The molecule has 0 N–H and O–H groups in total. The average molecular weight is 311 g/mol. The van der Waals surface area contributed by atoms with Gasteiger partial charge in [0.05, 0.1) is 13.2 Å². The van der Waals surface area contributed by atoms with Gasteiger partial charge in [-0.25, -0.2) is 13.4 Å².